The molecule has 0 aromatic heterocycles. The average Bonchev–Trinajstić information content (AvgIpc) is 2.91. The lowest BCUT2D eigenvalue weighted by Gasteiger charge is -2.12. The van der Waals surface area contributed by atoms with Gasteiger partial charge in [0.25, 0.3) is 5.91 Å². The molecule has 0 bridgehead atoms. The van der Waals surface area contributed by atoms with Crippen LogP contribution in [0.25, 0.3) is 16.8 Å². The lowest BCUT2D eigenvalue weighted by atomic mass is 10.0. The third-order valence-electron chi connectivity index (χ3n) is 5.37. The van der Waals surface area contributed by atoms with Crippen LogP contribution in [0.4, 0.5) is 5.69 Å². The van der Waals surface area contributed by atoms with Gasteiger partial charge in [0.1, 0.15) is 36.4 Å². The second-order valence-corrected chi connectivity index (χ2v) is 8.30. The molecule has 0 aliphatic carbocycles. The van der Waals surface area contributed by atoms with Crippen LogP contribution in [0.2, 0.25) is 5.02 Å². The van der Waals surface area contributed by atoms with E-state index in [0.29, 0.717) is 41.0 Å². The molecule has 0 fully saturated rings. The predicted molar refractivity (Wildman–Crippen MR) is 144 cm³/mol. The maximum atomic E-state index is 12.9. The number of benzene rings is 4. The minimum Gasteiger partial charge on any atom is -0.489 e. The molecule has 1 amide bonds. The Balaban J connectivity index is 1.50. The van der Waals surface area contributed by atoms with E-state index in [9.17, 15) is 10.1 Å². The summed E-state index contributed by atoms with van der Waals surface area (Å²) in [4.78, 5) is 12.9. The summed E-state index contributed by atoms with van der Waals surface area (Å²) in [6, 6.07) is 27.9. The number of nitriles is 1. The Morgan fingerprint density at radius 1 is 0.972 bits per heavy atom. The molecule has 1 N–H and O–H groups in total. The summed E-state index contributed by atoms with van der Waals surface area (Å²) in [5.74, 6) is 0.699. The van der Waals surface area contributed by atoms with Gasteiger partial charge in [-0.1, -0.05) is 66.7 Å². The third-order valence-corrected chi connectivity index (χ3v) is 5.62. The molecule has 0 atom stereocenters. The van der Waals surface area contributed by atoms with Crippen LogP contribution in [0.1, 0.15) is 11.1 Å². The minimum atomic E-state index is -0.519. The molecule has 0 unspecified atom stereocenters. The highest BCUT2D eigenvalue weighted by Crippen LogP contribution is 2.30. The van der Waals surface area contributed by atoms with E-state index in [4.69, 9.17) is 21.1 Å². The second kappa shape index (κ2) is 11.7. The van der Waals surface area contributed by atoms with Crippen molar-refractivity contribution in [1.29, 1.82) is 5.26 Å². The number of hydrogen-bond acceptors (Lipinski definition) is 4. The number of nitrogens with zero attached hydrogens (tertiary/aromatic N) is 1. The Bertz CT molecular complexity index is 1450. The van der Waals surface area contributed by atoms with Crippen LogP contribution < -0.4 is 14.8 Å². The van der Waals surface area contributed by atoms with E-state index < -0.39 is 5.91 Å². The molecule has 0 aliphatic heterocycles. The number of nitrogens with one attached hydrogen (secondary N) is 1. The van der Waals surface area contributed by atoms with Gasteiger partial charge in [0.15, 0.2) is 0 Å². The number of fused-ring (bicyclic) bond motifs is 1. The fraction of sp³-hybridized carbons (Fsp3) is 0.0667. The maximum absolute atomic E-state index is 12.9. The van der Waals surface area contributed by atoms with E-state index in [-0.39, 0.29) is 5.57 Å². The fourth-order valence-corrected chi connectivity index (χ4v) is 3.70. The van der Waals surface area contributed by atoms with Crippen LogP contribution in [-0.2, 0) is 11.4 Å². The van der Waals surface area contributed by atoms with Crippen molar-refractivity contribution in [2.75, 3.05) is 11.9 Å². The summed E-state index contributed by atoms with van der Waals surface area (Å²) in [6.07, 6.45) is 3.20. The van der Waals surface area contributed by atoms with Gasteiger partial charge in [-0.25, -0.2) is 0 Å². The third kappa shape index (κ3) is 6.12. The van der Waals surface area contributed by atoms with Gasteiger partial charge in [0, 0.05) is 16.3 Å². The summed E-state index contributed by atoms with van der Waals surface area (Å²) >= 11 is 5.91. The van der Waals surface area contributed by atoms with E-state index in [2.05, 4.69) is 11.9 Å². The summed E-state index contributed by atoms with van der Waals surface area (Å²) in [6.45, 7) is 4.39. The number of halogens is 1. The van der Waals surface area contributed by atoms with Crippen molar-refractivity contribution < 1.29 is 14.3 Å². The maximum Gasteiger partial charge on any atom is 0.266 e. The fourth-order valence-electron chi connectivity index (χ4n) is 3.57. The molecule has 0 saturated heterocycles. The molecule has 178 valence electrons. The number of ether oxygens (including phenoxy) is 2. The summed E-state index contributed by atoms with van der Waals surface area (Å²) in [5, 5.41) is 15.0. The zero-order valence-corrected chi connectivity index (χ0v) is 20.2. The molecule has 0 spiro atoms. The minimum absolute atomic E-state index is 0.0436. The molecule has 0 radical (unpaired) electrons. The van der Waals surface area contributed by atoms with Crippen molar-refractivity contribution in [2.24, 2.45) is 0 Å². The highest BCUT2D eigenvalue weighted by atomic mass is 35.5. The van der Waals surface area contributed by atoms with E-state index >= 15 is 0 Å². The Labute approximate surface area is 214 Å². The molecule has 5 nitrogen and oxygen atoms in total. The van der Waals surface area contributed by atoms with Crippen molar-refractivity contribution in [2.45, 2.75) is 6.61 Å². The number of rotatable bonds is 9. The first-order valence-corrected chi connectivity index (χ1v) is 11.6. The predicted octanol–water partition coefficient (Wildman–Crippen LogP) is 7.18. The Morgan fingerprint density at radius 3 is 2.44 bits per heavy atom. The quantitative estimate of drug-likeness (QED) is 0.152. The summed E-state index contributed by atoms with van der Waals surface area (Å²) in [7, 11) is 0. The first kappa shape index (κ1) is 24.6. The second-order valence-electron chi connectivity index (χ2n) is 7.86. The average molecular weight is 495 g/mol. The molecule has 4 aromatic rings. The highest BCUT2D eigenvalue weighted by molar-refractivity contribution is 6.30. The van der Waals surface area contributed by atoms with Crippen LogP contribution >= 0.6 is 11.6 Å². The highest BCUT2D eigenvalue weighted by Gasteiger charge is 2.14. The van der Waals surface area contributed by atoms with E-state index in [1.165, 1.54) is 0 Å². The number of carbonyl (C=O) groups is 1. The Morgan fingerprint density at radius 2 is 1.72 bits per heavy atom. The van der Waals surface area contributed by atoms with Gasteiger partial charge in [-0.15, -0.1) is 0 Å². The van der Waals surface area contributed by atoms with Gasteiger partial charge in [-0.05, 0) is 64.9 Å². The van der Waals surface area contributed by atoms with Crippen LogP contribution in [0, 0.1) is 11.3 Å². The summed E-state index contributed by atoms with van der Waals surface area (Å²) in [5.41, 5.74) is 2.15. The lowest BCUT2D eigenvalue weighted by molar-refractivity contribution is -0.112. The van der Waals surface area contributed by atoms with Crippen LogP contribution in [0.15, 0.2) is 103 Å². The van der Waals surface area contributed by atoms with Crippen molar-refractivity contribution >= 4 is 40.0 Å². The Kier molecular flexibility index (Phi) is 8.02. The topological polar surface area (TPSA) is 71.3 Å². The number of anilines is 1. The van der Waals surface area contributed by atoms with Crippen molar-refractivity contribution in [3.8, 4) is 17.6 Å². The van der Waals surface area contributed by atoms with E-state index in [1.54, 1.807) is 36.4 Å². The number of carbonyl (C=O) groups excluding carboxylic acids is 1. The molecule has 6 heteroatoms. The van der Waals surface area contributed by atoms with Gasteiger partial charge in [0.2, 0.25) is 0 Å². The molecule has 36 heavy (non-hydrogen) atoms. The van der Waals surface area contributed by atoms with Crippen LogP contribution in [0.5, 0.6) is 11.5 Å². The largest absolute Gasteiger partial charge is 0.489 e. The zero-order valence-electron chi connectivity index (χ0n) is 19.4. The van der Waals surface area contributed by atoms with Gasteiger partial charge < -0.3 is 14.8 Å². The molecular formula is C30H23ClN2O3. The Hall–Kier alpha value is -4.53. The number of amides is 1. The molecule has 0 heterocycles. The van der Waals surface area contributed by atoms with Crippen molar-refractivity contribution in [3.05, 3.63) is 119 Å². The molecule has 4 aromatic carbocycles. The molecule has 0 saturated carbocycles. The smallest absolute Gasteiger partial charge is 0.266 e. The van der Waals surface area contributed by atoms with Crippen molar-refractivity contribution in [1.82, 2.24) is 0 Å². The van der Waals surface area contributed by atoms with Crippen molar-refractivity contribution in [3.63, 3.8) is 0 Å². The molecule has 0 aliphatic rings. The standard InChI is InChI=1S/C30H23ClN2O3/c1-2-17-35-29-16-9-22-5-3-4-6-27(22)28(29)18-23(19-32)30(34)33-25-12-14-26(15-13-25)36-20-21-7-10-24(31)11-8-21/h2-16,18H,1,17,20H2,(H,33,34)/b23-18+. The first-order chi connectivity index (χ1) is 17.6. The molecule has 4 rings (SSSR count). The normalized spacial score (nSPS) is 10.9. The van der Waals surface area contributed by atoms with Gasteiger partial charge in [0.05, 0.1) is 0 Å². The van der Waals surface area contributed by atoms with Crippen LogP contribution in [0.3, 0.4) is 0 Å². The lowest BCUT2D eigenvalue weighted by Crippen LogP contribution is -2.13. The SMILES string of the molecule is C=CCOc1ccc2ccccc2c1/C=C(\C#N)C(=O)Nc1ccc(OCc2ccc(Cl)cc2)cc1. The first-order valence-electron chi connectivity index (χ1n) is 11.2. The monoisotopic (exact) mass is 494 g/mol. The van der Waals surface area contributed by atoms with Gasteiger partial charge in [-0.2, -0.15) is 5.26 Å². The summed E-state index contributed by atoms with van der Waals surface area (Å²) < 4.78 is 11.6. The van der Waals surface area contributed by atoms with Gasteiger partial charge >= 0.3 is 0 Å². The van der Waals surface area contributed by atoms with Crippen LogP contribution in [-0.4, -0.2) is 12.5 Å². The molecular weight excluding hydrogens is 472 g/mol. The number of hydrogen-bond donors (Lipinski definition) is 1. The zero-order chi connectivity index (χ0) is 25.3. The van der Waals surface area contributed by atoms with Gasteiger partial charge in [-0.3, -0.25) is 4.79 Å². The van der Waals surface area contributed by atoms with E-state index in [0.717, 1.165) is 16.3 Å². The van der Waals surface area contributed by atoms with E-state index in [1.807, 2.05) is 66.7 Å².